The highest BCUT2D eigenvalue weighted by Crippen LogP contribution is 2.40. The van der Waals surface area contributed by atoms with Crippen LogP contribution >= 0.6 is 0 Å². The van der Waals surface area contributed by atoms with Crippen molar-refractivity contribution in [1.82, 2.24) is 4.98 Å². The Morgan fingerprint density at radius 3 is 2.50 bits per heavy atom. The number of hydrogen-bond donors (Lipinski definition) is 3. The number of aliphatic hydroxyl groups is 3. The number of hydrogen-bond acceptors (Lipinski definition) is 6. The zero-order valence-electron chi connectivity index (χ0n) is 18.0. The standard InChI is InChI=1S/C23H36FNO5/c1-15(2)30-23(29)8-6-4-3-5-7-16-17(22(28)13-21(16)27)9-10-20(26)18-11-12-25-14-19(18)24/h11-12,14-17,20-22,26-28H,3-10,13H2,1-2H3. The van der Waals surface area contributed by atoms with E-state index in [1.54, 1.807) is 0 Å². The molecule has 1 aliphatic rings. The molecule has 30 heavy (non-hydrogen) atoms. The summed E-state index contributed by atoms with van der Waals surface area (Å²) in [7, 11) is 0. The summed E-state index contributed by atoms with van der Waals surface area (Å²) >= 11 is 0. The Bertz CT molecular complexity index is 656. The molecule has 5 atom stereocenters. The number of ether oxygens (including phenoxy) is 1. The highest BCUT2D eigenvalue weighted by Gasteiger charge is 2.41. The van der Waals surface area contributed by atoms with Gasteiger partial charge in [-0.25, -0.2) is 4.39 Å². The molecule has 0 aliphatic heterocycles. The summed E-state index contributed by atoms with van der Waals surface area (Å²) in [6, 6.07) is 1.47. The van der Waals surface area contributed by atoms with Crippen LogP contribution in [0.15, 0.2) is 18.5 Å². The second kappa shape index (κ2) is 12.3. The van der Waals surface area contributed by atoms with Gasteiger partial charge in [0.15, 0.2) is 0 Å². The third-order valence-corrected chi connectivity index (χ3v) is 5.99. The molecule has 7 heteroatoms. The lowest BCUT2D eigenvalue weighted by Crippen LogP contribution is -2.23. The minimum absolute atomic E-state index is 0.0274. The maximum absolute atomic E-state index is 13.8. The molecule has 0 radical (unpaired) electrons. The molecule has 0 aromatic carbocycles. The van der Waals surface area contributed by atoms with Crippen LogP contribution in [-0.4, -0.2) is 44.6 Å². The molecular weight excluding hydrogens is 389 g/mol. The normalized spacial score (nSPS) is 24.9. The molecule has 0 bridgehead atoms. The van der Waals surface area contributed by atoms with E-state index in [0.717, 1.165) is 38.3 Å². The number of rotatable bonds is 12. The maximum atomic E-state index is 13.8. The van der Waals surface area contributed by atoms with Gasteiger partial charge in [0.25, 0.3) is 0 Å². The van der Waals surface area contributed by atoms with Gasteiger partial charge in [-0.2, -0.15) is 0 Å². The van der Waals surface area contributed by atoms with Crippen molar-refractivity contribution in [3.8, 4) is 0 Å². The van der Waals surface area contributed by atoms with Gasteiger partial charge in [0.1, 0.15) is 5.82 Å². The molecule has 1 aliphatic carbocycles. The van der Waals surface area contributed by atoms with Crippen molar-refractivity contribution in [3.05, 3.63) is 29.8 Å². The number of pyridine rings is 1. The third kappa shape index (κ3) is 7.60. The summed E-state index contributed by atoms with van der Waals surface area (Å²) in [6.07, 6.45) is 6.30. The topological polar surface area (TPSA) is 99.9 Å². The Morgan fingerprint density at radius 1 is 1.17 bits per heavy atom. The molecule has 170 valence electrons. The molecule has 1 aromatic rings. The van der Waals surface area contributed by atoms with E-state index in [0.29, 0.717) is 25.7 Å². The van der Waals surface area contributed by atoms with E-state index in [4.69, 9.17) is 4.74 Å². The minimum atomic E-state index is -0.954. The molecule has 0 spiro atoms. The predicted octanol–water partition coefficient (Wildman–Crippen LogP) is 3.68. The van der Waals surface area contributed by atoms with Crippen molar-refractivity contribution in [3.63, 3.8) is 0 Å². The fraction of sp³-hybridized carbons (Fsp3) is 0.739. The molecule has 0 saturated heterocycles. The maximum Gasteiger partial charge on any atom is 0.306 e. The van der Waals surface area contributed by atoms with E-state index in [9.17, 15) is 24.5 Å². The predicted molar refractivity (Wildman–Crippen MR) is 111 cm³/mol. The number of carbonyl (C=O) groups excluding carboxylic acids is 1. The molecule has 1 fully saturated rings. The highest BCUT2D eigenvalue weighted by molar-refractivity contribution is 5.69. The van der Waals surface area contributed by atoms with E-state index in [-0.39, 0.29) is 29.5 Å². The summed E-state index contributed by atoms with van der Waals surface area (Å²) in [5, 5.41) is 31.1. The average Bonchev–Trinajstić information content (AvgIpc) is 2.95. The number of unbranched alkanes of at least 4 members (excludes halogenated alkanes) is 3. The number of aliphatic hydroxyl groups excluding tert-OH is 3. The van der Waals surface area contributed by atoms with Crippen molar-refractivity contribution < 1.29 is 29.2 Å². The second-order valence-electron chi connectivity index (χ2n) is 8.68. The fourth-order valence-corrected chi connectivity index (χ4v) is 4.47. The summed E-state index contributed by atoms with van der Waals surface area (Å²) in [6.45, 7) is 3.67. The van der Waals surface area contributed by atoms with Crippen LogP contribution in [0.2, 0.25) is 0 Å². The Hall–Kier alpha value is -1.57. The minimum Gasteiger partial charge on any atom is -0.463 e. The molecule has 3 N–H and O–H groups in total. The van der Waals surface area contributed by atoms with Crippen LogP contribution in [0.25, 0.3) is 0 Å². The highest BCUT2D eigenvalue weighted by atomic mass is 19.1. The van der Waals surface area contributed by atoms with E-state index >= 15 is 0 Å². The third-order valence-electron chi connectivity index (χ3n) is 5.99. The van der Waals surface area contributed by atoms with Gasteiger partial charge in [-0.1, -0.05) is 19.3 Å². The number of nitrogens with zero attached hydrogens (tertiary/aromatic N) is 1. The van der Waals surface area contributed by atoms with Crippen molar-refractivity contribution in [1.29, 1.82) is 0 Å². The Morgan fingerprint density at radius 2 is 1.83 bits per heavy atom. The molecule has 1 aromatic heterocycles. The van der Waals surface area contributed by atoms with E-state index in [2.05, 4.69) is 4.98 Å². The van der Waals surface area contributed by atoms with Crippen molar-refractivity contribution in [2.24, 2.45) is 11.8 Å². The van der Waals surface area contributed by atoms with Gasteiger partial charge in [-0.05, 0) is 63.9 Å². The molecule has 6 nitrogen and oxygen atoms in total. The first-order chi connectivity index (χ1) is 14.3. The number of aromatic nitrogens is 1. The van der Waals surface area contributed by atoms with E-state index in [1.807, 2.05) is 13.8 Å². The smallest absolute Gasteiger partial charge is 0.306 e. The fourth-order valence-electron chi connectivity index (χ4n) is 4.47. The monoisotopic (exact) mass is 425 g/mol. The van der Waals surface area contributed by atoms with Gasteiger partial charge in [0.2, 0.25) is 0 Å². The van der Waals surface area contributed by atoms with Crippen LogP contribution in [0.5, 0.6) is 0 Å². The van der Waals surface area contributed by atoms with E-state index in [1.165, 1.54) is 12.3 Å². The Labute approximate surface area is 178 Å². The Balaban J connectivity index is 1.73. The van der Waals surface area contributed by atoms with Crippen LogP contribution in [0.1, 0.15) is 83.3 Å². The summed E-state index contributed by atoms with van der Waals surface area (Å²) in [5.74, 6) is -0.838. The second-order valence-corrected chi connectivity index (χ2v) is 8.68. The van der Waals surface area contributed by atoms with Crippen LogP contribution in [0, 0.1) is 17.7 Å². The van der Waals surface area contributed by atoms with Gasteiger partial charge < -0.3 is 20.1 Å². The van der Waals surface area contributed by atoms with Crippen LogP contribution in [-0.2, 0) is 9.53 Å². The van der Waals surface area contributed by atoms with Crippen LogP contribution in [0.4, 0.5) is 4.39 Å². The number of halogens is 1. The van der Waals surface area contributed by atoms with Crippen molar-refractivity contribution in [2.75, 3.05) is 0 Å². The zero-order valence-corrected chi connectivity index (χ0v) is 18.0. The summed E-state index contributed by atoms with van der Waals surface area (Å²) in [4.78, 5) is 15.2. The lowest BCUT2D eigenvalue weighted by Gasteiger charge is -2.24. The van der Waals surface area contributed by atoms with Gasteiger partial charge in [-0.15, -0.1) is 0 Å². The van der Waals surface area contributed by atoms with Gasteiger partial charge in [0.05, 0.1) is 30.6 Å². The lowest BCUT2D eigenvalue weighted by molar-refractivity contribution is -0.147. The SMILES string of the molecule is CC(C)OC(=O)CCCCCCC1C(O)CC(O)C1CCC(O)c1ccncc1F. The van der Waals surface area contributed by atoms with Gasteiger partial charge >= 0.3 is 5.97 Å². The first kappa shape index (κ1) is 24.7. The van der Waals surface area contributed by atoms with Crippen LogP contribution < -0.4 is 0 Å². The first-order valence-electron chi connectivity index (χ1n) is 11.1. The Kier molecular flexibility index (Phi) is 10.1. The largest absolute Gasteiger partial charge is 0.463 e. The van der Waals surface area contributed by atoms with Crippen molar-refractivity contribution in [2.45, 2.75) is 96.1 Å². The molecule has 5 unspecified atom stereocenters. The molecule has 0 amide bonds. The van der Waals surface area contributed by atoms with E-state index < -0.39 is 24.1 Å². The van der Waals surface area contributed by atoms with Crippen LogP contribution in [0.3, 0.4) is 0 Å². The molecular formula is C23H36FNO5. The number of esters is 1. The number of carbonyl (C=O) groups is 1. The van der Waals surface area contributed by atoms with Gasteiger partial charge in [0, 0.05) is 18.2 Å². The zero-order chi connectivity index (χ0) is 22.1. The van der Waals surface area contributed by atoms with Gasteiger partial charge in [-0.3, -0.25) is 9.78 Å². The first-order valence-corrected chi connectivity index (χ1v) is 11.1. The van der Waals surface area contributed by atoms with Crippen molar-refractivity contribution >= 4 is 5.97 Å². The summed E-state index contributed by atoms with van der Waals surface area (Å²) < 4.78 is 18.9. The molecule has 1 saturated carbocycles. The molecule has 1 heterocycles. The lowest BCUT2D eigenvalue weighted by atomic mass is 9.84. The summed E-state index contributed by atoms with van der Waals surface area (Å²) in [5.41, 5.74) is 0.213. The molecule has 2 rings (SSSR count). The quantitative estimate of drug-likeness (QED) is 0.349. The average molecular weight is 426 g/mol.